The van der Waals surface area contributed by atoms with E-state index in [0.717, 1.165) is 25.5 Å². The van der Waals surface area contributed by atoms with Crippen molar-refractivity contribution in [3.8, 4) is 0 Å². The largest absolute Gasteiger partial charge is 0.378 e. The van der Waals surface area contributed by atoms with E-state index in [1.807, 2.05) is 13.8 Å². The number of rotatable bonds is 11. The van der Waals surface area contributed by atoms with Crippen LogP contribution in [0.15, 0.2) is 29.5 Å². The van der Waals surface area contributed by atoms with Gasteiger partial charge in [-0.1, -0.05) is 13.8 Å². The number of carbonyl (C=O) groups excluding carboxylic acids is 1. The molecular weight excluding hydrogens is 330 g/mol. The maximum absolute atomic E-state index is 11.9. The van der Waals surface area contributed by atoms with Crippen LogP contribution in [0.5, 0.6) is 0 Å². The molecule has 1 aromatic rings. The van der Waals surface area contributed by atoms with Gasteiger partial charge in [-0.05, 0) is 38.3 Å². The van der Waals surface area contributed by atoms with Gasteiger partial charge >= 0.3 is 0 Å². The summed E-state index contributed by atoms with van der Waals surface area (Å²) in [7, 11) is 0. The number of aliphatic imine (C=N–C) groups is 1. The summed E-state index contributed by atoms with van der Waals surface area (Å²) in [5.41, 5.74) is 0.559. The van der Waals surface area contributed by atoms with Crippen molar-refractivity contribution < 1.29 is 9.53 Å². The van der Waals surface area contributed by atoms with E-state index in [4.69, 9.17) is 4.74 Å². The second-order valence-corrected chi connectivity index (χ2v) is 6.21. The van der Waals surface area contributed by atoms with Crippen molar-refractivity contribution in [2.45, 2.75) is 40.2 Å². The molecule has 1 aromatic heterocycles. The van der Waals surface area contributed by atoms with E-state index < -0.39 is 0 Å². The Labute approximate surface area is 157 Å². The molecule has 146 valence electrons. The van der Waals surface area contributed by atoms with Gasteiger partial charge in [-0.2, -0.15) is 0 Å². The molecule has 1 rings (SSSR count). The van der Waals surface area contributed by atoms with Gasteiger partial charge in [0.1, 0.15) is 0 Å². The molecule has 1 atom stereocenters. The van der Waals surface area contributed by atoms with Crippen molar-refractivity contribution in [2.24, 2.45) is 10.9 Å². The van der Waals surface area contributed by atoms with Gasteiger partial charge in [-0.3, -0.25) is 14.8 Å². The Morgan fingerprint density at radius 1 is 1.23 bits per heavy atom. The van der Waals surface area contributed by atoms with Gasteiger partial charge in [0.2, 0.25) is 0 Å². The first-order valence-electron chi connectivity index (χ1n) is 9.40. The van der Waals surface area contributed by atoms with Gasteiger partial charge in [-0.25, -0.2) is 0 Å². The molecule has 0 aliphatic carbocycles. The Morgan fingerprint density at radius 3 is 2.62 bits per heavy atom. The third kappa shape index (κ3) is 8.80. The minimum Gasteiger partial charge on any atom is -0.378 e. The van der Waals surface area contributed by atoms with E-state index in [0.29, 0.717) is 31.1 Å². The van der Waals surface area contributed by atoms with Crippen LogP contribution in [0.4, 0.5) is 0 Å². The van der Waals surface area contributed by atoms with Crippen LogP contribution in [0.3, 0.4) is 0 Å². The van der Waals surface area contributed by atoms with Crippen LogP contribution in [0.1, 0.15) is 44.5 Å². The highest BCUT2D eigenvalue weighted by Crippen LogP contribution is 2.10. The zero-order valence-corrected chi connectivity index (χ0v) is 16.4. The van der Waals surface area contributed by atoms with Gasteiger partial charge in [0.15, 0.2) is 5.96 Å². The van der Waals surface area contributed by atoms with Crippen molar-refractivity contribution in [1.29, 1.82) is 0 Å². The molecule has 0 aliphatic rings. The molecule has 1 unspecified atom stereocenters. The summed E-state index contributed by atoms with van der Waals surface area (Å²) in [6.07, 6.45) is 4.32. The van der Waals surface area contributed by atoms with E-state index in [9.17, 15) is 4.79 Å². The van der Waals surface area contributed by atoms with E-state index in [-0.39, 0.29) is 12.0 Å². The Morgan fingerprint density at radius 2 is 2.00 bits per heavy atom. The Kier molecular flexibility index (Phi) is 11.0. The first-order valence-corrected chi connectivity index (χ1v) is 9.40. The monoisotopic (exact) mass is 363 g/mol. The number of nitrogens with one attached hydrogen (secondary N) is 3. The number of hydrogen-bond donors (Lipinski definition) is 3. The number of aromatic nitrogens is 1. The SMILES string of the molecule is CCNC(=NCCC(OCC)C(C)C)NCCNC(=O)c1cccnc1. The Bertz CT molecular complexity index is 534. The average molecular weight is 364 g/mol. The highest BCUT2D eigenvalue weighted by molar-refractivity contribution is 5.93. The lowest BCUT2D eigenvalue weighted by atomic mass is 10.0. The molecule has 0 saturated heterocycles. The van der Waals surface area contributed by atoms with E-state index >= 15 is 0 Å². The molecule has 1 amide bonds. The molecule has 0 aliphatic heterocycles. The second-order valence-electron chi connectivity index (χ2n) is 6.21. The summed E-state index contributed by atoms with van der Waals surface area (Å²) >= 11 is 0. The van der Waals surface area contributed by atoms with Gasteiger partial charge in [0.25, 0.3) is 5.91 Å². The lowest BCUT2D eigenvalue weighted by Gasteiger charge is -2.20. The van der Waals surface area contributed by atoms with Gasteiger partial charge in [0.05, 0.1) is 11.7 Å². The summed E-state index contributed by atoms with van der Waals surface area (Å²) < 4.78 is 5.75. The quantitative estimate of drug-likeness (QED) is 0.317. The fourth-order valence-corrected chi connectivity index (χ4v) is 2.42. The molecule has 0 radical (unpaired) electrons. The minimum absolute atomic E-state index is 0.127. The molecule has 26 heavy (non-hydrogen) atoms. The first kappa shape index (κ1) is 21.9. The van der Waals surface area contributed by atoms with Crippen molar-refractivity contribution >= 4 is 11.9 Å². The van der Waals surface area contributed by atoms with E-state index in [1.54, 1.807) is 24.5 Å². The lowest BCUT2D eigenvalue weighted by Crippen LogP contribution is -2.41. The maximum atomic E-state index is 11.9. The van der Waals surface area contributed by atoms with Crippen LogP contribution in [0.2, 0.25) is 0 Å². The normalized spacial score (nSPS) is 12.7. The van der Waals surface area contributed by atoms with Crippen LogP contribution in [-0.2, 0) is 4.74 Å². The van der Waals surface area contributed by atoms with Crippen LogP contribution in [0.25, 0.3) is 0 Å². The number of ether oxygens (including phenoxy) is 1. The van der Waals surface area contributed by atoms with Gasteiger partial charge in [0, 0.05) is 45.2 Å². The summed E-state index contributed by atoms with van der Waals surface area (Å²) in [4.78, 5) is 20.5. The number of guanidine groups is 1. The van der Waals surface area contributed by atoms with Crippen molar-refractivity contribution in [3.05, 3.63) is 30.1 Å². The Hall–Kier alpha value is -2.15. The summed E-state index contributed by atoms with van der Waals surface area (Å²) in [5.74, 6) is 1.10. The summed E-state index contributed by atoms with van der Waals surface area (Å²) in [6.45, 7) is 11.7. The Balaban J connectivity index is 2.36. The molecule has 0 bridgehead atoms. The van der Waals surface area contributed by atoms with Crippen LogP contribution < -0.4 is 16.0 Å². The third-order valence-corrected chi connectivity index (χ3v) is 3.78. The number of amides is 1. The third-order valence-electron chi connectivity index (χ3n) is 3.78. The smallest absolute Gasteiger partial charge is 0.252 e. The molecule has 3 N–H and O–H groups in total. The molecular formula is C19H33N5O2. The average Bonchev–Trinajstić information content (AvgIpc) is 2.64. The maximum Gasteiger partial charge on any atom is 0.252 e. The van der Waals surface area contributed by atoms with Crippen molar-refractivity contribution in [3.63, 3.8) is 0 Å². The van der Waals surface area contributed by atoms with E-state index in [1.165, 1.54) is 0 Å². The molecule has 0 fully saturated rings. The van der Waals surface area contributed by atoms with Crippen LogP contribution in [0, 0.1) is 5.92 Å². The zero-order valence-electron chi connectivity index (χ0n) is 16.4. The standard InChI is InChI=1S/C19H33N5O2/c1-5-21-19(23-11-9-17(15(3)4)26-6-2)24-13-12-22-18(25)16-8-7-10-20-14-16/h7-8,10,14-15,17H,5-6,9,11-13H2,1-4H3,(H,22,25)(H2,21,23,24). The van der Waals surface area contributed by atoms with Gasteiger partial charge in [-0.15, -0.1) is 0 Å². The number of pyridine rings is 1. The van der Waals surface area contributed by atoms with E-state index in [2.05, 4.69) is 39.8 Å². The number of nitrogens with zero attached hydrogens (tertiary/aromatic N) is 2. The molecule has 0 saturated carbocycles. The molecule has 1 heterocycles. The summed E-state index contributed by atoms with van der Waals surface area (Å²) in [5, 5.41) is 9.30. The topological polar surface area (TPSA) is 87.6 Å². The molecule has 0 aromatic carbocycles. The predicted molar refractivity (Wildman–Crippen MR) is 105 cm³/mol. The van der Waals surface area contributed by atoms with Gasteiger partial charge < -0.3 is 20.7 Å². The zero-order chi connectivity index (χ0) is 19.2. The second kappa shape index (κ2) is 13.1. The van der Waals surface area contributed by atoms with Crippen molar-refractivity contribution in [1.82, 2.24) is 20.9 Å². The van der Waals surface area contributed by atoms with Crippen molar-refractivity contribution in [2.75, 3.05) is 32.8 Å². The highest BCUT2D eigenvalue weighted by Gasteiger charge is 2.12. The fraction of sp³-hybridized carbons (Fsp3) is 0.632. The number of hydrogen-bond acceptors (Lipinski definition) is 4. The molecule has 7 heteroatoms. The summed E-state index contributed by atoms with van der Waals surface area (Å²) in [6, 6.07) is 3.49. The fourth-order valence-electron chi connectivity index (χ4n) is 2.42. The predicted octanol–water partition coefficient (Wildman–Crippen LogP) is 1.82. The van der Waals surface area contributed by atoms with Crippen LogP contribution >= 0.6 is 0 Å². The lowest BCUT2D eigenvalue weighted by molar-refractivity contribution is 0.0266. The highest BCUT2D eigenvalue weighted by atomic mass is 16.5. The molecule has 7 nitrogen and oxygen atoms in total. The molecule has 0 spiro atoms. The van der Waals surface area contributed by atoms with Crippen LogP contribution in [-0.4, -0.2) is 55.7 Å². The number of carbonyl (C=O) groups is 1. The minimum atomic E-state index is -0.127. The first-order chi connectivity index (χ1) is 12.6.